The minimum Gasteiger partial charge on any atom is -0.336 e. The summed E-state index contributed by atoms with van der Waals surface area (Å²) in [7, 11) is 1.96. The monoisotopic (exact) mass is 217 g/mol. The van der Waals surface area contributed by atoms with Crippen LogP contribution in [0.2, 0.25) is 0 Å². The molecule has 0 aliphatic carbocycles. The number of nitrogens with two attached hydrogens (primary N) is 1. The van der Waals surface area contributed by atoms with Crippen molar-refractivity contribution in [2.24, 2.45) is 12.9 Å². The lowest BCUT2D eigenvalue weighted by atomic mass is 10.1. The molecule has 0 amide bonds. The first-order chi connectivity index (χ1) is 7.81. The van der Waals surface area contributed by atoms with E-state index in [9.17, 15) is 0 Å². The van der Waals surface area contributed by atoms with Gasteiger partial charge >= 0.3 is 0 Å². The number of rotatable bonds is 4. The lowest BCUT2D eigenvalue weighted by Gasteiger charge is -2.16. The maximum absolute atomic E-state index is 5.57. The molecule has 0 saturated heterocycles. The zero-order chi connectivity index (χ0) is 11.4. The van der Waals surface area contributed by atoms with E-state index in [1.165, 1.54) is 5.56 Å². The third-order valence-electron chi connectivity index (χ3n) is 2.60. The Morgan fingerprint density at radius 2 is 2.12 bits per heavy atom. The van der Waals surface area contributed by atoms with Crippen molar-refractivity contribution in [3.05, 3.63) is 48.3 Å². The second-order valence-corrected chi connectivity index (χ2v) is 3.71. The Morgan fingerprint density at radius 1 is 1.38 bits per heavy atom. The van der Waals surface area contributed by atoms with Crippen LogP contribution in [-0.4, -0.2) is 14.5 Å². The van der Waals surface area contributed by atoms with Crippen LogP contribution in [0.4, 0.5) is 0 Å². The number of aryl methyl sites for hydroxylation is 1. The summed E-state index contributed by atoms with van der Waals surface area (Å²) in [6.45, 7) is 0. The predicted molar refractivity (Wildman–Crippen MR) is 61.2 cm³/mol. The van der Waals surface area contributed by atoms with Crippen molar-refractivity contribution in [1.82, 2.24) is 20.0 Å². The number of nitrogens with one attached hydrogen (secondary N) is 1. The Hall–Kier alpha value is -1.72. The highest BCUT2D eigenvalue weighted by Gasteiger charge is 2.13. The van der Waals surface area contributed by atoms with Gasteiger partial charge in [0.05, 0.1) is 18.1 Å². The summed E-state index contributed by atoms with van der Waals surface area (Å²) < 4.78 is 1.96. The molecule has 0 fully saturated rings. The highest BCUT2D eigenvalue weighted by molar-refractivity contribution is 5.15. The highest BCUT2D eigenvalue weighted by atomic mass is 15.2. The van der Waals surface area contributed by atoms with E-state index in [2.05, 4.69) is 15.4 Å². The van der Waals surface area contributed by atoms with Gasteiger partial charge in [-0.3, -0.25) is 16.3 Å². The fourth-order valence-electron chi connectivity index (χ4n) is 1.71. The van der Waals surface area contributed by atoms with E-state index in [-0.39, 0.29) is 6.04 Å². The molecule has 0 spiro atoms. The van der Waals surface area contributed by atoms with Crippen molar-refractivity contribution >= 4 is 0 Å². The molecule has 2 aromatic heterocycles. The van der Waals surface area contributed by atoms with E-state index in [1.54, 1.807) is 18.7 Å². The molecule has 0 aliphatic rings. The fraction of sp³-hybridized carbons (Fsp3) is 0.273. The molecule has 1 atom stereocenters. The van der Waals surface area contributed by atoms with Gasteiger partial charge in [0.15, 0.2) is 0 Å². The Balaban J connectivity index is 2.16. The molecule has 2 rings (SSSR count). The first-order valence-electron chi connectivity index (χ1n) is 5.12. The van der Waals surface area contributed by atoms with Gasteiger partial charge in [-0.2, -0.15) is 0 Å². The van der Waals surface area contributed by atoms with Gasteiger partial charge in [0.25, 0.3) is 0 Å². The van der Waals surface area contributed by atoms with Gasteiger partial charge in [0, 0.05) is 25.6 Å². The van der Waals surface area contributed by atoms with E-state index in [1.807, 2.05) is 29.9 Å². The van der Waals surface area contributed by atoms with Gasteiger partial charge in [-0.25, -0.2) is 4.98 Å². The topological polar surface area (TPSA) is 68.8 Å². The maximum atomic E-state index is 5.57. The highest BCUT2D eigenvalue weighted by Crippen LogP contribution is 2.16. The van der Waals surface area contributed by atoms with Crippen LogP contribution in [0.5, 0.6) is 0 Å². The van der Waals surface area contributed by atoms with Crippen molar-refractivity contribution in [2.75, 3.05) is 0 Å². The molecular weight excluding hydrogens is 202 g/mol. The summed E-state index contributed by atoms with van der Waals surface area (Å²) in [5.74, 6) is 5.57. The largest absolute Gasteiger partial charge is 0.336 e. The van der Waals surface area contributed by atoms with E-state index >= 15 is 0 Å². The van der Waals surface area contributed by atoms with E-state index < -0.39 is 0 Å². The molecular formula is C11H15N5. The SMILES string of the molecule is Cn1cncc1C(Cc1ccncc1)NN. The summed E-state index contributed by atoms with van der Waals surface area (Å²) in [6, 6.07) is 4.04. The lowest BCUT2D eigenvalue weighted by Crippen LogP contribution is -2.30. The smallest absolute Gasteiger partial charge is 0.0946 e. The predicted octanol–water partition coefficient (Wildman–Crippen LogP) is 0.562. The van der Waals surface area contributed by atoms with Crippen LogP contribution in [0.15, 0.2) is 37.1 Å². The fourth-order valence-corrected chi connectivity index (χ4v) is 1.71. The third-order valence-corrected chi connectivity index (χ3v) is 2.60. The van der Waals surface area contributed by atoms with Gasteiger partial charge < -0.3 is 4.57 Å². The summed E-state index contributed by atoms with van der Waals surface area (Å²) in [6.07, 6.45) is 7.98. The quantitative estimate of drug-likeness (QED) is 0.580. The van der Waals surface area contributed by atoms with Crippen molar-refractivity contribution in [1.29, 1.82) is 0 Å². The van der Waals surface area contributed by atoms with E-state index in [0.717, 1.165) is 12.1 Å². The third kappa shape index (κ3) is 2.26. The summed E-state index contributed by atoms with van der Waals surface area (Å²) >= 11 is 0. The summed E-state index contributed by atoms with van der Waals surface area (Å²) in [4.78, 5) is 8.08. The molecule has 0 saturated carbocycles. The molecule has 5 heteroatoms. The zero-order valence-electron chi connectivity index (χ0n) is 9.17. The van der Waals surface area contributed by atoms with Gasteiger partial charge in [-0.15, -0.1) is 0 Å². The second-order valence-electron chi connectivity index (χ2n) is 3.71. The van der Waals surface area contributed by atoms with Crippen molar-refractivity contribution < 1.29 is 0 Å². The first-order valence-corrected chi connectivity index (χ1v) is 5.12. The minimum absolute atomic E-state index is 0.0647. The van der Waals surface area contributed by atoms with Gasteiger partial charge in [0.1, 0.15) is 0 Å². The van der Waals surface area contributed by atoms with Crippen LogP contribution < -0.4 is 11.3 Å². The molecule has 2 heterocycles. The number of hydrogen-bond acceptors (Lipinski definition) is 4. The van der Waals surface area contributed by atoms with Crippen molar-refractivity contribution in [3.8, 4) is 0 Å². The Morgan fingerprint density at radius 3 is 2.69 bits per heavy atom. The molecule has 0 bridgehead atoms. The normalized spacial score (nSPS) is 12.6. The van der Waals surface area contributed by atoms with Gasteiger partial charge in [-0.1, -0.05) is 0 Å². The van der Waals surface area contributed by atoms with Crippen molar-refractivity contribution in [2.45, 2.75) is 12.5 Å². The molecule has 0 aliphatic heterocycles. The number of pyridine rings is 1. The molecule has 5 nitrogen and oxygen atoms in total. The molecule has 1 unspecified atom stereocenters. The van der Waals surface area contributed by atoms with Gasteiger partial charge in [-0.05, 0) is 24.1 Å². The molecule has 2 aromatic rings. The average molecular weight is 217 g/mol. The van der Waals surface area contributed by atoms with Crippen LogP contribution in [0.1, 0.15) is 17.3 Å². The zero-order valence-corrected chi connectivity index (χ0v) is 9.17. The molecule has 84 valence electrons. The first kappa shape index (κ1) is 10.8. The summed E-state index contributed by atoms with van der Waals surface area (Å²) in [5, 5.41) is 0. The number of aromatic nitrogens is 3. The average Bonchev–Trinajstić information content (AvgIpc) is 2.74. The van der Waals surface area contributed by atoms with E-state index in [4.69, 9.17) is 5.84 Å². The number of nitrogens with zero attached hydrogens (tertiary/aromatic N) is 3. The summed E-state index contributed by atoms with van der Waals surface area (Å²) in [5.41, 5.74) is 5.07. The standard InChI is InChI=1S/C11H15N5/c1-16-8-14-7-11(16)10(15-12)6-9-2-4-13-5-3-9/h2-5,7-8,10,15H,6,12H2,1H3. The van der Waals surface area contributed by atoms with Gasteiger partial charge in [0.2, 0.25) is 0 Å². The van der Waals surface area contributed by atoms with Crippen LogP contribution in [0.25, 0.3) is 0 Å². The molecule has 0 aromatic carbocycles. The Kier molecular flexibility index (Phi) is 3.28. The molecule has 3 N–H and O–H groups in total. The van der Waals surface area contributed by atoms with Crippen LogP contribution in [0, 0.1) is 0 Å². The van der Waals surface area contributed by atoms with Crippen LogP contribution in [0.3, 0.4) is 0 Å². The minimum atomic E-state index is 0.0647. The van der Waals surface area contributed by atoms with Crippen LogP contribution in [-0.2, 0) is 13.5 Å². The second kappa shape index (κ2) is 4.87. The number of imidazole rings is 1. The van der Waals surface area contributed by atoms with E-state index in [0.29, 0.717) is 0 Å². The maximum Gasteiger partial charge on any atom is 0.0946 e. The number of hydrazine groups is 1. The molecule has 16 heavy (non-hydrogen) atoms. The number of hydrogen-bond donors (Lipinski definition) is 2. The Bertz CT molecular complexity index is 437. The Labute approximate surface area is 94.3 Å². The lowest BCUT2D eigenvalue weighted by molar-refractivity contribution is 0.521. The molecule has 0 radical (unpaired) electrons. The van der Waals surface area contributed by atoms with Crippen LogP contribution >= 0.6 is 0 Å². The van der Waals surface area contributed by atoms with Crippen molar-refractivity contribution in [3.63, 3.8) is 0 Å².